The molecule has 0 amide bonds. The minimum atomic E-state index is -4.62. The van der Waals surface area contributed by atoms with Crippen LogP contribution in [0.4, 0.5) is 19.0 Å². The van der Waals surface area contributed by atoms with Crippen molar-refractivity contribution in [1.29, 1.82) is 0 Å². The molecule has 3 aliphatic rings. The number of piperazine rings is 1. The van der Waals surface area contributed by atoms with E-state index in [1.54, 1.807) is 6.07 Å². The molecule has 2 saturated heterocycles. The van der Waals surface area contributed by atoms with Crippen molar-refractivity contribution in [3.63, 3.8) is 0 Å². The Morgan fingerprint density at radius 3 is 2.67 bits per heavy atom. The monoisotopic (exact) mass is 633 g/mol. The number of alkyl halides is 3. The highest BCUT2D eigenvalue weighted by Gasteiger charge is 2.38. The molecule has 8 nitrogen and oxygen atoms in total. The molecule has 2 unspecified atom stereocenters. The molecule has 228 valence electrons. The third-order valence-corrected chi connectivity index (χ3v) is 9.52. The van der Waals surface area contributed by atoms with Crippen LogP contribution in [0.2, 0.25) is 10.0 Å². The first-order valence-corrected chi connectivity index (χ1v) is 15.5. The van der Waals surface area contributed by atoms with Gasteiger partial charge < -0.3 is 20.5 Å². The maximum absolute atomic E-state index is 13.7. The van der Waals surface area contributed by atoms with Crippen molar-refractivity contribution < 1.29 is 17.7 Å². The smallest absolute Gasteiger partial charge is 0.357 e. The van der Waals surface area contributed by atoms with Crippen molar-refractivity contribution in [3.05, 3.63) is 76.0 Å². The fourth-order valence-electron chi connectivity index (χ4n) is 6.73. The molecule has 3 aromatic heterocycles. The Morgan fingerprint density at radius 1 is 1.02 bits per heavy atom. The van der Waals surface area contributed by atoms with Crippen LogP contribution in [0.1, 0.15) is 23.0 Å². The molecule has 0 bridgehead atoms. The Morgan fingerprint density at radius 2 is 1.88 bits per heavy atom. The molecule has 0 radical (unpaired) electrons. The SMILES string of the molecule is FC(F)(F)c1nc(N2CCNCC2CN2CCc3c([nH]c4ccc(Cl)cc34)C2Cn2cc[n+](CC3CNC3)c2)ccc1Cl. The Balaban J connectivity index is 1.19. The number of hydrogen-bond acceptors (Lipinski definition) is 5. The third-order valence-electron chi connectivity index (χ3n) is 8.98. The number of benzene rings is 1. The van der Waals surface area contributed by atoms with Gasteiger partial charge in [-0.2, -0.15) is 13.2 Å². The lowest BCUT2D eigenvalue weighted by atomic mass is 9.96. The minimum Gasteiger partial charge on any atom is -0.357 e. The summed E-state index contributed by atoms with van der Waals surface area (Å²) in [6.45, 7) is 7.16. The highest BCUT2D eigenvalue weighted by atomic mass is 35.5. The average molecular weight is 635 g/mol. The van der Waals surface area contributed by atoms with Gasteiger partial charge in [0.1, 0.15) is 24.8 Å². The number of nitrogens with one attached hydrogen (secondary N) is 3. The normalized spacial score (nSPS) is 21.7. The van der Waals surface area contributed by atoms with Crippen LogP contribution in [0.25, 0.3) is 10.9 Å². The van der Waals surface area contributed by atoms with E-state index in [1.165, 1.54) is 17.3 Å². The van der Waals surface area contributed by atoms with Gasteiger partial charge in [0.15, 0.2) is 5.69 Å². The van der Waals surface area contributed by atoms with Crippen molar-refractivity contribution in [1.82, 2.24) is 30.1 Å². The maximum atomic E-state index is 13.7. The molecular formula is C30H34Cl2F3N8+. The van der Waals surface area contributed by atoms with Crippen LogP contribution in [0.3, 0.4) is 0 Å². The molecule has 3 aliphatic heterocycles. The van der Waals surface area contributed by atoms with Crippen LogP contribution >= 0.6 is 23.2 Å². The number of aromatic nitrogens is 4. The van der Waals surface area contributed by atoms with Gasteiger partial charge in [0.2, 0.25) is 6.33 Å². The molecule has 2 atom stereocenters. The van der Waals surface area contributed by atoms with Gasteiger partial charge in [-0.15, -0.1) is 0 Å². The number of rotatable bonds is 7. The fraction of sp³-hybridized carbons (Fsp3) is 0.467. The van der Waals surface area contributed by atoms with Crippen molar-refractivity contribution in [2.75, 3.05) is 50.7 Å². The van der Waals surface area contributed by atoms with Crippen LogP contribution in [0.5, 0.6) is 0 Å². The summed E-state index contributed by atoms with van der Waals surface area (Å²) >= 11 is 12.3. The molecule has 7 rings (SSSR count). The summed E-state index contributed by atoms with van der Waals surface area (Å²) in [6.07, 6.45) is 2.67. The van der Waals surface area contributed by atoms with Gasteiger partial charge in [-0.25, -0.2) is 14.1 Å². The lowest BCUT2D eigenvalue weighted by molar-refractivity contribution is -0.703. The summed E-state index contributed by atoms with van der Waals surface area (Å²) in [6, 6.07) is 8.83. The van der Waals surface area contributed by atoms with Gasteiger partial charge in [-0.3, -0.25) is 4.90 Å². The molecule has 0 saturated carbocycles. The van der Waals surface area contributed by atoms with E-state index in [4.69, 9.17) is 23.2 Å². The first kappa shape index (κ1) is 28.9. The van der Waals surface area contributed by atoms with E-state index in [1.807, 2.05) is 23.1 Å². The second kappa shape index (κ2) is 11.6. The van der Waals surface area contributed by atoms with Crippen molar-refractivity contribution >= 4 is 39.9 Å². The van der Waals surface area contributed by atoms with Gasteiger partial charge in [0.25, 0.3) is 0 Å². The number of aromatic amines is 1. The first-order valence-electron chi connectivity index (χ1n) is 14.7. The van der Waals surface area contributed by atoms with Gasteiger partial charge in [-0.1, -0.05) is 23.2 Å². The predicted octanol–water partition coefficient (Wildman–Crippen LogP) is 4.27. The fourth-order valence-corrected chi connectivity index (χ4v) is 7.12. The quantitative estimate of drug-likeness (QED) is 0.265. The van der Waals surface area contributed by atoms with Crippen LogP contribution < -0.4 is 20.1 Å². The Kier molecular flexibility index (Phi) is 7.79. The number of anilines is 1. The summed E-state index contributed by atoms with van der Waals surface area (Å²) in [4.78, 5) is 12.2. The van der Waals surface area contributed by atoms with E-state index in [-0.39, 0.29) is 17.1 Å². The zero-order chi connectivity index (χ0) is 29.7. The number of hydrogen-bond donors (Lipinski definition) is 3. The maximum Gasteiger partial charge on any atom is 0.434 e. The van der Waals surface area contributed by atoms with E-state index in [0.29, 0.717) is 42.9 Å². The van der Waals surface area contributed by atoms with Crippen LogP contribution in [-0.2, 0) is 25.7 Å². The molecule has 0 aliphatic carbocycles. The van der Waals surface area contributed by atoms with Crippen molar-refractivity contribution in [2.45, 2.75) is 37.8 Å². The second-order valence-corrected chi connectivity index (χ2v) is 12.7. The van der Waals surface area contributed by atoms with Gasteiger partial charge in [0.05, 0.1) is 23.7 Å². The largest absolute Gasteiger partial charge is 0.434 e. The molecule has 6 heterocycles. The molecule has 2 fully saturated rings. The van der Waals surface area contributed by atoms with E-state index >= 15 is 0 Å². The van der Waals surface area contributed by atoms with Gasteiger partial charge >= 0.3 is 6.18 Å². The second-order valence-electron chi connectivity index (χ2n) is 11.8. The van der Waals surface area contributed by atoms with Crippen LogP contribution in [0, 0.1) is 5.92 Å². The number of H-pyrrole nitrogens is 1. The number of nitrogens with zero attached hydrogens (tertiary/aromatic N) is 5. The number of halogens is 5. The van der Waals surface area contributed by atoms with Crippen LogP contribution in [-0.4, -0.2) is 71.3 Å². The molecule has 3 N–H and O–H groups in total. The highest BCUT2D eigenvalue weighted by molar-refractivity contribution is 6.31. The van der Waals surface area contributed by atoms with E-state index in [2.05, 4.69) is 53.4 Å². The average Bonchev–Trinajstić information content (AvgIpc) is 3.56. The zero-order valence-corrected chi connectivity index (χ0v) is 25.1. The number of imidazole rings is 1. The molecule has 1 aromatic carbocycles. The number of fused-ring (bicyclic) bond motifs is 3. The summed E-state index contributed by atoms with van der Waals surface area (Å²) < 4.78 is 45.5. The Labute approximate surface area is 257 Å². The van der Waals surface area contributed by atoms with Crippen molar-refractivity contribution in [3.8, 4) is 0 Å². The molecule has 0 spiro atoms. The van der Waals surface area contributed by atoms with Crippen molar-refractivity contribution in [2.24, 2.45) is 5.92 Å². The van der Waals surface area contributed by atoms with Crippen LogP contribution in [0.15, 0.2) is 49.1 Å². The van der Waals surface area contributed by atoms with Gasteiger partial charge in [-0.05, 0) is 42.3 Å². The summed E-state index contributed by atoms with van der Waals surface area (Å²) in [5.41, 5.74) is 2.48. The minimum absolute atomic E-state index is 0.0360. The third kappa shape index (κ3) is 5.85. The zero-order valence-electron chi connectivity index (χ0n) is 23.5. The van der Waals surface area contributed by atoms with E-state index in [0.717, 1.165) is 50.0 Å². The predicted molar refractivity (Wildman–Crippen MR) is 161 cm³/mol. The van der Waals surface area contributed by atoms with E-state index in [9.17, 15) is 13.2 Å². The first-order chi connectivity index (χ1) is 20.7. The summed E-state index contributed by atoms with van der Waals surface area (Å²) in [5.74, 6) is 0.955. The highest BCUT2D eigenvalue weighted by Crippen LogP contribution is 2.38. The molecule has 13 heteroatoms. The lowest BCUT2D eigenvalue weighted by Crippen LogP contribution is -2.57. The topological polar surface area (TPSA) is 68.0 Å². The summed E-state index contributed by atoms with van der Waals surface area (Å²) in [5, 5.41) is 8.26. The Hall–Kier alpha value is -2.83. The van der Waals surface area contributed by atoms with Gasteiger partial charge in [0, 0.05) is 73.4 Å². The standard InChI is InChI=1S/C30H34Cl2F3N8/c31-20-1-3-25-23(11-20)22-5-7-42(26(28(22)38-25)17-41-10-9-40(18-41)15-19-12-37-13-19)16-21-14-36-6-8-43(21)27-4-2-24(32)29(39-27)30(33,34)35/h1-4,9-11,18-19,21,26,36-38H,5-8,12-17H2/q+1. The van der Waals surface area contributed by atoms with E-state index < -0.39 is 11.9 Å². The molecule has 4 aromatic rings. The summed E-state index contributed by atoms with van der Waals surface area (Å²) in [7, 11) is 0. The number of pyridine rings is 1. The molecular weight excluding hydrogens is 600 g/mol. The Bertz CT molecular complexity index is 1610. The molecule has 43 heavy (non-hydrogen) atoms. The lowest BCUT2D eigenvalue weighted by Gasteiger charge is -2.43.